The van der Waals surface area contributed by atoms with Crippen LogP contribution in [0.2, 0.25) is 0 Å². The minimum absolute atomic E-state index is 0.592. The minimum atomic E-state index is 0.592. The Morgan fingerprint density at radius 1 is 0.800 bits per heavy atom. The van der Waals surface area contributed by atoms with Crippen molar-refractivity contribution in [2.75, 3.05) is 59.7 Å². The molecule has 0 saturated carbocycles. The summed E-state index contributed by atoms with van der Waals surface area (Å²) in [6.45, 7) is 3.62. The molecule has 0 aliphatic heterocycles. The summed E-state index contributed by atoms with van der Waals surface area (Å²) in [5.41, 5.74) is 12.5. The number of nitrogens with zero attached hydrogens (tertiary/aromatic N) is 4. The number of benzene rings is 2. The first-order valence-corrected chi connectivity index (χ1v) is 12.2. The summed E-state index contributed by atoms with van der Waals surface area (Å²) in [5, 5.41) is 3.24. The second kappa shape index (κ2) is 13.5. The molecule has 0 unspecified atom stereocenters. The molecule has 0 atom stereocenters. The number of hydrogen-bond donors (Lipinski definition) is 3. The molecule has 3 rings (SSSR count). The maximum atomic E-state index is 6.17. The Hall–Kier alpha value is -3.42. The second-order valence-electron chi connectivity index (χ2n) is 9.20. The molecule has 7 heteroatoms. The van der Waals surface area contributed by atoms with Crippen LogP contribution in [-0.4, -0.2) is 81.3 Å². The Morgan fingerprint density at radius 2 is 1.34 bits per heavy atom. The third-order valence-corrected chi connectivity index (χ3v) is 5.63. The van der Waals surface area contributed by atoms with E-state index in [1.165, 1.54) is 0 Å². The topological polar surface area (TPSA) is 85.0 Å². The van der Waals surface area contributed by atoms with E-state index in [0.29, 0.717) is 5.84 Å². The number of anilines is 1. The number of H-pyrrole nitrogens is 1. The number of nitrogens with two attached hydrogens (primary N) is 1. The van der Waals surface area contributed by atoms with E-state index in [1.807, 2.05) is 12.1 Å². The molecule has 0 spiro atoms. The van der Waals surface area contributed by atoms with Crippen LogP contribution in [0.15, 0.2) is 70.6 Å². The SMILES string of the molecule is CN(C)CCCN=CNc1ccc(-c2ccc(-c3ccc(C(N)=NCCCN(C)C)cc3)[nH]2)cc1. The zero-order valence-electron chi connectivity index (χ0n) is 21.5. The molecule has 0 radical (unpaired) electrons. The van der Waals surface area contributed by atoms with Gasteiger partial charge >= 0.3 is 0 Å². The first-order chi connectivity index (χ1) is 16.9. The third-order valence-electron chi connectivity index (χ3n) is 5.63. The van der Waals surface area contributed by atoms with Crippen LogP contribution < -0.4 is 11.1 Å². The van der Waals surface area contributed by atoms with Gasteiger partial charge in [0.2, 0.25) is 0 Å². The van der Waals surface area contributed by atoms with Gasteiger partial charge in [0, 0.05) is 35.7 Å². The van der Waals surface area contributed by atoms with Crippen molar-refractivity contribution in [3.8, 4) is 22.5 Å². The molecule has 7 nitrogen and oxygen atoms in total. The van der Waals surface area contributed by atoms with Gasteiger partial charge in [-0.2, -0.15) is 0 Å². The number of rotatable bonds is 13. The minimum Gasteiger partial charge on any atom is -0.384 e. The van der Waals surface area contributed by atoms with Crippen LogP contribution in [0.3, 0.4) is 0 Å². The molecule has 35 heavy (non-hydrogen) atoms. The average Bonchev–Trinajstić information content (AvgIpc) is 3.34. The van der Waals surface area contributed by atoms with E-state index in [4.69, 9.17) is 5.73 Å². The molecule has 0 aliphatic rings. The summed E-state index contributed by atoms with van der Waals surface area (Å²) in [6.07, 6.45) is 3.83. The Bertz CT molecular complexity index is 1080. The first kappa shape index (κ1) is 26.2. The standard InChI is InChI=1S/C28H39N7/c1-34(2)19-5-17-30-21-32-25-13-11-23(12-14-25)27-16-15-26(33-27)22-7-9-24(10-8-22)28(29)31-18-6-20-35(3)4/h7-16,21,33H,5-6,17-20H2,1-4H3,(H2,29,31)(H,30,32). The van der Waals surface area contributed by atoms with Crippen molar-refractivity contribution in [2.45, 2.75) is 12.8 Å². The number of aromatic nitrogens is 1. The van der Waals surface area contributed by atoms with Gasteiger partial charge in [0.1, 0.15) is 5.84 Å². The van der Waals surface area contributed by atoms with Crippen LogP contribution in [-0.2, 0) is 0 Å². The summed E-state index contributed by atoms with van der Waals surface area (Å²) in [5.74, 6) is 0.592. The summed E-state index contributed by atoms with van der Waals surface area (Å²) in [4.78, 5) is 16.8. The van der Waals surface area contributed by atoms with Crippen molar-refractivity contribution in [1.82, 2.24) is 14.8 Å². The Morgan fingerprint density at radius 3 is 1.91 bits per heavy atom. The molecule has 1 heterocycles. The highest BCUT2D eigenvalue weighted by Gasteiger charge is 2.06. The molecule has 0 amide bonds. The maximum Gasteiger partial charge on any atom is 0.125 e. The van der Waals surface area contributed by atoms with Crippen molar-refractivity contribution in [3.63, 3.8) is 0 Å². The predicted molar refractivity (Wildman–Crippen MR) is 151 cm³/mol. The number of amidine groups is 1. The quantitative estimate of drug-likeness (QED) is 0.195. The second-order valence-corrected chi connectivity index (χ2v) is 9.20. The highest BCUT2D eigenvalue weighted by molar-refractivity contribution is 5.97. The lowest BCUT2D eigenvalue weighted by atomic mass is 10.1. The lowest BCUT2D eigenvalue weighted by Crippen LogP contribution is -2.16. The lowest BCUT2D eigenvalue weighted by molar-refractivity contribution is 0.403. The Labute approximate surface area is 209 Å². The van der Waals surface area contributed by atoms with Gasteiger partial charge < -0.3 is 25.8 Å². The fourth-order valence-electron chi connectivity index (χ4n) is 3.64. The lowest BCUT2D eigenvalue weighted by Gasteiger charge is -2.08. The molecule has 3 aromatic rings. The van der Waals surface area contributed by atoms with Gasteiger partial charge in [-0.15, -0.1) is 0 Å². The predicted octanol–water partition coefficient (Wildman–Crippen LogP) is 4.40. The zero-order chi connectivity index (χ0) is 25.0. The smallest absolute Gasteiger partial charge is 0.125 e. The molecule has 186 valence electrons. The number of nitrogens with one attached hydrogen (secondary N) is 2. The monoisotopic (exact) mass is 473 g/mol. The van der Waals surface area contributed by atoms with E-state index in [9.17, 15) is 0 Å². The van der Waals surface area contributed by atoms with Gasteiger partial charge in [0.05, 0.1) is 6.34 Å². The van der Waals surface area contributed by atoms with E-state index < -0.39 is 0 Å². The van der Waals surface area contributed by atoms with Gasteiger partial charge in [-0.1, -0.05) is 36.4 Å². The van der Waals surface area contributed by atoms with Gasteiger partial charge in [0.15, 0.2) is 0 Å². The average molecular weight is 474 g/mol. The fraction of sp³-hybridized carbons (Fsp3) is 0.357. The maximum absolute atomic E-state index is 6.17. The van der Waals surface area contributed by atoms with E-state index >= 15 is 0 Å². The molecule has 2 aromatic carbocycles. The van der Waals surface area contributed by atoms with E-state index in [0.717, 1.165) is 72.8 Å². The van der Waals surface area contributed by atoms with Gasteiger partial charge in [0.25, 0.3) is 0 Å². The van der Waals surface area contributed by atoms with Crippen LogP contribution in [0, 0.1) is 0 Å². The number of aliphatic imine (C=N–C) groups is 2. The molecule has 0 bridgehead atoms. The van der Waals surface area contributed by atoms with Crippen molar-refractivity contribution in [1.29, 1.82) is 0 Å². The van der Waals surface area contributed by atoms with Crippen LogP contribution in [0.25, 0.3) is 22.5 Å². The normalized spacial score (nSPS) is 12.2. The third kappa shape index (κ3) is 8.70. The molecule has 4 N–H and O–H groups in total. The molecule has 0 aliphatic carbocycles. The summed E-state index contributed by atoms with van der Waals surface area (Å²) in [7, 11) is 8.29. The van der Waals surface area contributed by atoms with E-state index in [-0.39, 0.29) is 0 Å². The molecular weight excluding hydrogens is 434 g/mol. The molecule has 0 fully saturated rings. The Balaban J connectivity index is 1.55. The molecular formula is C28H39N7. The highest BCUT2D eigenvalue weighted by atomic mass is 15.1. The van der Waals surface area contributed by atoms with Crippen molar-refractivity contribution in [2.24, 2.45) is 15.7 Å². The fourth-order valence-corrected chi connectivity index (χ4v) is 3.64. The van der Waals surface area contributed by atoms with Crippen molar-refractivity contribution >= 4 is 17.9 Å². The van der Waals surface area contributed by atoms with Crippen LogP contribution in [0.1, 0.15) is 18.4 Å². The first-order valence-electron chi connectivity index (χ1n) is 12.2. The van der Waals surface area contributed by atoms with E-state index in [1.54, 1.807) is 6.34 Å². The largest absolute Gasteiger partial charge is 0.384 e. The van der Waals surface area contributed by atoms with E-state index in [2.05, 4.69) is 107 Å². The van der Waals surface area contributed by atoms with Gasteiger partial charge in [-0.25, -0.2) is 0 Å². The van der Waals surface area contributed by atoms with Crippen molar-refractivity contribution in [3.05, 3.63) is 66.2 Å². The van der Waals surface area contributed by atoms with Crippen molar-refractivity contribution < 1.29 is 0 Å². The zero-order valence-corrected chi connectivity index (χ0v) is 21.5. The number of hydrogen-bond acceptors (Lipinski definition) is 4. The summed E-state index contributed by atoms with van der Waals surface area (Å²) >= 11 is 0. The summed E-state index contributed by atoms with van der Waals surface area (Å²) in [6, 6.07) is 20.8. The molecule has 0 saturated heterocycles. The van der Waals surface area contributed by atoms with Crippen LogP contribution >= 0.6 is 0 Å². The van der Waals surface area contributed by atoms with Crippen LogP contribution in [0.5, 0.6) is 0 Å². The Kier molecular flexibility index (Phi) is 10.1. The summed E-state index contributed by atoms with van der Waals surface area (Å²) < 4.78 is 0. The van der Waals surface area contributed by atoms with Gasteiger partial charge in [-0.05, 0) is 89.5 Å². The van der Waals surface area contributed by atoms with Gasteiger partial charge in [-0.3, -0.25) is 9.98 Å². The van der Waals surface area contributed by atoms with Crippen LogP contribution in [0.4, 0.5) is 5.69 Å². The highest BCUT2D eigenvalue weighted by Crippen LogP contribution is 2.26. The number of aromatic amines is 1. The molecule has 1 aromatic heterocycles.